The molecular formula is C3H8NO6Se2. The second kappa shape index (κ2) is 6.50. The third-order valence-electron chi connectivity index (χ3n) is 0.497. The fraction of sp³-hybridized carbons (Fsp3) is 0.667. The van der Waals surface area contributed by atoms with E-state index in [9.17, 15) is 4.79 Å². The van der Waals surface area contributed by atoms with Crippen molar-refractivity contribution in [2.24, 2.45) is 5.73 Å². The summed E-state index contributed by atoms with van der Waals surface area (Å²) in [6.07, 6.45) is 0. The Labute approximate surface area is 78.7 Å². The van der Waals surface area contributed by atoms with Crippen LogP contribution in [0.25, 0.3) is 0 Å². The van der Waals surface area contributed by atoms with E-state index in [1.165, 1.54) is 0 Å². The molecule has 0 spiro atoms. The zero-order valence-corrected chi connectivity index (χ0v) is 9.17. The number of hydrogen-bond donors (Lipinski definition) is 4. The van der Waals surface area contributed by atoms with Gasteiger partial charge in [-0.25, -0.2) is 0 Å². The van der Waals surface area contributed by atoms with Crippen LogP contribution in [0.2, 0.25) is 5.32 Å². The molecule has 9 heteroatoms. The van der Waals surface area contributed by atoms with Gasteiger partial charge in [-0.05, 0) is 0 Å². The SMILES string of the molecule is N[C@@H](C[Se])C(=O)O.O=[Se](=O)(O)O. The first-order chi connectivity index (χ1) is 5.18. The standard InChI is InChI=1S/C3H6NO2Se.H2O4Se/c4-2(1-7)3(5)6;1-5(2,3)4/h2H,1,4H2,(H,5,6);(H2,1,2,3,4)/t2-;/m0./s1. The van der Waals surface area contributed by atoms with Crippen LogP contribution in [0.15, 0.2) is 0 Å². The van der Waals surface area contributed by atoms with E-state index < -0.39 is 25.4 Å². The molecule has 1 radical (unpaired) electrons. The van der Waals surface area contributed by atoms with E-state index in [4.69, 9.17) is 26.9 Å². The zero-order valence-electron chi connectivity index (χ0n) is 5.74. The van der Waals surface area contributed by atoms with E-state index in [0.29, 0.717) is 5.32 Å². The average Bonchev–Trinajstić information content (AvgIpc) is 1.82. The van der Waals surface area contributed by atoms with Crippen LogP contribution in [0.3, 0.4) is 0 Å². The normalized spacial score (nSPS) is 12.7. The first kappa shape index (κ1) is 14.5. The van der Waals surface area contributed by atoms with Crippen LogP contribution >= 0.6 is 0 Å². The topological polar surface area (TPSA) is 138 Å². The maximum absolute atomic E-state index is 9.79. The minimum absolute atomic E-state index is 0.370. The van der Waals surface area contributed by atoms with Gasteiger partial charge in [-0.3, -0.25) is 0 Å². The average molecular weight is 312 g/mol. The van der Waals surface area contributed by atoms with Gasteiger partial charge in [-0.1, -0.05) is 0 Å². The third kappa shape index (κ3) is 22.5. The molecule has 0 saturated heterocycles. The van der Waals surface area contributed by atoms with Crippen molar-refractivity contribution in [2.75, 3.05) is 0 Å². The summed E-state index contributed by atoms with van der Waals surface area (Å²) < 4.78 is 31.9. The van der Waals surface area contributed by atoms with Crippen molar-refractivity contribution in [3.8, 4) is 0 Å². The number of rotatable bonds is 2. The minimum atomic E-state index is -5.25. The number of carboxylic acid groups (broad SMARTS) is 1. The Morgan fingerprint density at radius 1 is 1.50 bits per heavy atom. The molecule has 0 heterocycles. The molecule has 0 aromatic carbocycles. The van der Waals surface area contributed by atoms with Gasteiger partial charge in [0.25, 0.3) is 0 Å². The molecule has 0 bridgehead atoms. The number of carboxylic acids is 1. The molecule has 0 amide bonds. The number of aliphatic carboxylic acids is 1. The van der Waals surface area contributed by atoms with E-state index in [1.54, 1.807) is 0 Å². The Morgan fingerprint density at radius 2 is 1.75 bits per heavy atom. The molecule has 0 aliphatic carbocycles. The fourth-order valence-corrected chi connectivity index (χ4v) is 0.370. The molecule has 0 aromatic heterocycles. The van der Waals surface area contributed by atoms with Crippen molar-refractivity contribution >= 4 is 35.4 Å². The zero-order chi connectivity index (χ0) is 10.4. The van der Waals surface area contributed by atoms with Crippen molar-refractivity contribution in [3.05, 3.63) is 0 Å². The first-order valence-electron chi connectivity index (χ1n) is 2.45. The molecule has 0 aromatic rings. The molecule has 73 valence electrons. The molecule has 0 aliphatic rings. The number of carbonyl (C=O) groups is 1. The van der Waals surface area contributed by atoms with Gasteiger partial charge < -0.3 is 0 Å². The van der Waals surface area contributed by atoms with Crippen LogP contribution in [-0.2, 0) is 12.5 Å². The van der Waals surface area contributed by atoms with Gasteiger partial charge in [-0.2, -0.15) is 0 Å². The number of hydrogen-bond acceptors (Lipinski definition) is 4. The Morgan fingerprint density at radius 3 is 1.75 bits per heavy atom. The predicted molar refractivity (Wildman–Crippen MR) is 37.7 cm³/mol. The second-order valence-electron chi connectivity index (χ2n) is 1.56. The number of nitrogens with two attached hydrogens (primary N) is 1. The maximum atomic E-state index is 9.79. The van der Waals surface area contributed by atoms with Crippen LogP contribution in [0.1, 0.15) is 0 Å². The summed E-state index contributed by atoms with van der Waals surface area (Å²) in [5.74, 6) is -0.959. The molecule has 1 atom stereocenters. The summed E-state index contributed by atoms with van der Waals surface area (Å²) in [6, 6.07) is -0.736. The van der Waals surface area contributed by atoms with E-state index >= 15 is 0 Å². The van der Waals surface area contributed by atoms with Crippen LogP contribution in [0.4, 0.5) is 0 Å². The van der Waals surface area contributed by atoms with Crippen LogP contribution < -0.4 is 5.73 Å². The van der Waals surface area contributed by atoms with Gasteiger partial charge in [0.1, 0.15) is 0 Å². The monoisotopic (exact) mass is 314 g/mol. The van der Waals surface area contributed by atoms with Crippen molar-refractivity contribution < 1.29 is 25.9 Å². The van der Waals surface area contributed by atoms with Crippen molar-refractivity contribution in [2.45, 2.75) is 11.4 Å². The second-order valence-corrected chi connectivity index (χ2v) is 4.14. The fourth-order valence-electron chi connectivity index (χ4n) is 0.0713. The van der Waals surface area contributed by atoms with E-state index in [2.05, 4.69) is 16.0 Å². The summed E-state index contributed by atoms with van der Waals surface area (Å²) in [4.78, 5) is 9.79. The molecule has 0 rings (SSSR count). The predicted octanol–water partition coefficient (Wildman–Crippen LogP) is -2.75. The molecule has 7 nitrogen and oxygen atoms in total. The third-order valence-corrected chi connectivity index (χ3v) is 1.25. The summed E-state index contributed by atoms with van der Waals surface area (Å²) in [6.45, 7) is 0. The van der Waals surface area contributed by atoms with E-state index in [0.717, 1.165) is 0 Å². The first-order valence-corrected chi connectivity index (χ1v) is 6.59. The Hall–Kier alpha value is -0.0110. The van der Waals surface area contributed by atoms with Gasteiger partial charge in [0.05, 0.1) is 0 Å². The molecule has 0 unspecified atom stereocenters. The summed E-state index contributed by atoms with van der Waals surface area (Å²) in [7, 11) is 0. The van der Waals surface area contributed by atoms with Crippen LogP contribution in [-0.4, -0.2) is 54.9 Å². The van der Waals surface area contributed by atoms with Gasteiger partial charge in [0.15, 0.2) is 0 Å². The molecule has 0 aliphatic heterocycles. The summed E-state index contributed by atoms with van der Waals surface area (Å²) in [5, 5.41) is 8.41. The van der Waals surface area contributed by atoms with Gasteiger partial charge in [0, 0.05) is 0 Å². The van der Waals surface area contributed by atoms with Gasteiger partial charge in [-0.15, -0.1) is 0 Å². The van der Waals surface area contributed by atoms with Gasteiger partial charge >= 0.3 is 78.4 Å². The quantitative estimate of drug-likeness (QED) is 0.406. The summed E-state index contributed by atoms with van der Waals surface area (Å²) >= 11 is -2.73. The molecule has 12 heavy (non-hydrogen) atoms. The van der Waals surface area contributed by atoms with E-state index in [1.807, 2.05) is 0 Å². The Balaban J connectivity index is 0. The van der Waals surface area contributed by atoms with E-state index in [-0.39, 0.29) is 0 Å². The van der Waals surface area contributed by atoms with Crippen molar-refractivity contribution in [1.29, 1.82) is 0 Å². The molecular weight excluding hydrogens is 304 g/mol. The van der Waals surface area contributed by atoms with Crippen LogP contribution in [0.5, 0.6) is 0 Å². The Bertz CT molecular complexity index is 215. The van der Waals surface area contributed by atoms with Crippen molar-refractivity contribution in [1.82, 2.24) is 0 Å². The molecule has 0 saturated carbocycles. The van der Waals surface area contributed by atoms with Crippen molar-refractivity contribution in [3.63, 3.8) is 0 Å². The summed E-state index contributed by atoms with van der Waals surface area (Å²) in [5.41, 5.74) is 4.98. The Kier molecular flexibility index (Phi) is 7.86. The molecule has 5 N–H and O–H groups in total. The molecule has 0 fully saturated rings. The van der Waals surface area contributed by atoms with Crippen LogP contribution in [0, 0.1) is 0 Å². The van der Waals surface area contributed by atoms with Gasteiger partial charge in [0.2, 0.25) is 0 Å².